The molecule has 2 aromatic carbocycles. The normalized spacial score (nSPS) is 11.8. The van der Waals surface area contributed by atoms with Crippen LogP contribution in [0.2, 0.25) is 0 Å². The minimum absolute atomic E-state index is 0.248. The number of rotatable bonds is 6. The minimum atomic E-state index is -0.318. The Morgan fingerprint density at radius 2 is 1.79 bits per heavy atom. The maximum atomic E-state index is 12.9. The van der Waals surface area contributed by atoms with Crippen molar-refractivity contribution in [2.75, 3.05) is 7.11 Å². The summed E-state index contributed by atoms with van der Waals surface area (Å²) < 4.78 is 10.6. The molecule has 0 fully saturated rings. The molecule has 2 heterocycles. The van der Waals surface area contributed by atoms with Crippen molar-refractivity contribution < 1.29 is 14.1 Å². The van der Waals surface area contributed by atoms with Gasteiger partial charge in [0.15, 0.2) is 11.5 Å². The highest BCUT2D eigenvalue weighted by Crippen LogP contribution is 2.27. The number of carbonyl (C=O) groups is 1. The van der Waals surface area contributed by atoms with Gasteiger partial charge in [0, 0.05) is 6.07 Å². The van der Waals surface area contributed by atoms with Gasteiger partial charge < -0.3 is 14.6 Å². The molecule has 4 rings (SSSR count). The molecule has 140 valence electrons. The predicted molar refractivity (Wildman–Crippen MR) is 109 cm³/mol. The first-order valence-electron chi connectivity index (χ1n) is 8.75. The zero-order valence-corrected chi connectivity index (χ0v) is 16.0. The number of aromatic nitrogens is 1. The van der Waals surface area contributed by atoms with Gasteiger partial charge in [-0.1, -0.05) is 53.7 Å². The summed E-state index contributed by atoms with van der Waals surface area (Å²) in [6.07, 6.45) is 0. The Morgan fingerprint density at radius 3 is 2.46 bits per heavy atom. The zero-order valence-electron chi connectivity index (χ0n) is 15.2. The Balaban J connectivity index is 1.61. The predicted octanol–water partition coefficient (Wildman–Crippen LogP) is 4.93. The second-order valence-electron chi connectivity index (χ2n) is 6.14. The van der Waals surface area contributed by atoms with Crippen LogP contribution in [0.15, 0.2) is 82.7 Å². The summed E-state index contributed by atoms with van der Waals surface area (Å²) in [6, 6.07) is 22.6. The molecule has 4 aromatic rings. The third kappa shape index (κ3) is 3.82. The quantitative estimate of drug-likeness (QED) is 0.507. The summed E-state index contributed by atoms with van der Waals surface area (Å²) in [5.41, 5.74) is 2.17. The van der Waals surface area contributed by atoms with Crippen molar-refractivity contribution in [1.29, 1.82) is 0 Å². The molecule has 0 spiro atoms. The minimum Gasteiger partial charge on any atom is -0.497 e. The van der Waals surface area contributed by atoms with Gasteiger partial charge in [0.05, 0.1) is 18.0 Å². The van der Waals surface area contributed by atoms with Gasteiger partial charge in [0.25, 0.3) is 5.91 Å². The van der Waals surface area contributed by atoms with Crippen LogP contribution in [0.25, 0.3) is 10.6 Å². The summed E-state index contributed by atoms with van der Waals surface area (Å²) in [6.45, 7) is 0. The summed E-state index contributed by atoms with van der Waals surface area (Å²) in [7, 11) is 1.63. The molecule has 5 nitrogen and oxygen atoms in total. The van der Waals surface area contributed by atoms with Gasteiger partial charge in [-0.2, -0.15) is 0 Å². The van der Waals surface area contributed by atoms with Crippen LogP contribution >= 0.6 is 11.3 Å². The SMILES string of the molecule is COc1ccc(C(NC(=O)c2cc(-c3cccs3)on2)c2ccccc2)cc1. The van der Waals surface area contributed by atoms with Crippen LogP contribution in [-0.4, -0.2) is 18.2 Å². The van der Waals surface area contributed by atoms with Crippen molar-refractivity contribution in [2.24, 2.45) is 0 Å². The lowest BCUT2D eigenvalue weighted by molar-refractivity contribution is 0.0934. The molecule has 1 unspecified atom stereocenters. The maximum Gasteiger partial charge on any atom is 0.274 e. The van der Waals surface area contributed by atoms with E-state index in [1.54, 1.807) is 13.2 Å². The van der Waals surface area contributed by atoms with Crippen molar-refractivity contribution >= 4 is 17.2 Å². The fourth-order valence-corrected chi connectivity index (χ4v) is 3.60. The largest absolute Gasteiger partial charge is 0.497 e. The highest BCUT2D eigenvalue weighted by molar-refractivity contribution is 7.13. The third-order valence-electron chi connectivity index (χ3n) is 4.36. The average molecular weight is 390 g/mol. The molecule has 1 N–H and O–H groups in total. The van der Waals surface area contributed by atoms with Gasteiger partial charge in [0.1, 0.15) is 5.75 Å². The van der Waals surface area contributed by atoms with E-state index in [2.05, 4.69) is 10.5 Å². The number of nitrogens with one attached hydrogen (secondary N) is 1. The average Bonchev–Trinajstić information content (AvgIpc) is 3.44. The molecule has 2 aromatic heterocycles. The van der Waals surface area contributed by atoms with Crippen molar-refractivity contribution in [3.8, 4) is 16.4 Å². The zero-order chi connectivity index (χ0) is 19.3. The van der Waals surface area contributed by atoms with Gasteiger partial charge in [-0.3, -0.25) is 4.79 Å². The highest BCUT2D eigenvalue weighted by Gasteiger charge is 2.21. The number of amides is 1. The first-order valence-corrected chi connectivity index (χ1v) is 9.63. The number of hydrogen-bond acceptors (Lipinski definition) is 5. The van der Waals surface area contributed by atoms with Gasteiger partial charge >= 0.3 is 0 Å². The Kier molecular flexibility index (Phi) is 5.21. The summed E-state index contributed by atoms with van der Waals surface area (Å²) in [5, 5.41) is 8.95. The first-order chi connectivity index (χ1) is 13.7. The van der Waals surface area contributed by atoms with Crippen LogP contribution in [0.5, 0.6) is 5.75 Å². The number of ether oxygens (including phenoxy) is 1. The first kappa shape index (κ1) is 18.0. The van der Waals surface area contributed by atoms with Gasteiger partial charge in [0.2, 0.25) is 0 Å². The molecule has 1 atom stereocenters. The molecule has 6 heteroatoms. The van der Waals surface area contributed by atoms with E-state index in [4.69, 9.17) is 9.26 Å². The van der Waals surface area contributed by atoms with Gasteiger partial charge in [-0.25, -0.2) is 0 Å². The number of nitrogens with zero attached hydrogens (tertiary/aromatic N) is 1. The van der Waals surface area contributed by atoms with E-state index in [-0.39, 0.29) is 17.6 Å². The molecule has 1 amide bonds. The van der Waals surface area contributed by atoms with Gasteiger partial charge in [-0.15, -0.1) is 11.3 Å². The van der Waals surface area contributed by atoms with E-state index in [0.717, 1.165) is 21.8 Å². The second kappa shape index (κ2) is 8.10. The number of hydrogen-bond donors (Lipinski definition) is 1. The topological polar surface area (TPSA) is 64.4 Å². The second-order valence-corrected chi connectivity index (χ2v) is 7.09. The summed E-state index contributed by atoms with van der Waals surface area (Å²) >= 11 is 1.53. The van der Waals surface area contributed by atoms with Crippen LogP contribution in [-0.2, 0) is 0 Å². The van der Waals surface area contributed by atoms with Crippen molar-refractivity contribution in [3.05, 3.63) is 95.0 Å². The molecular weight excluding hydrogens is 372 g/mol. The maximum absolute atomic E-state index is 12.9. The van der Waals surface area contributed by atoms with Crippen LogP contribution in [0, 0.1) is 0 Å². The Bertz CT molecular complexity index is 1040. The van der Waals surface area contributed by atoms with Crippen LogP contribution < -0.4 is 10.1 Å². The van der Waals surface area contributed by atoms with E-state index in [1.165, 1.54) is 11.3 Å². The lowest BCUT2D eigenvalue weighted by atomic mass is 9.98. The molecule has 0 aliphatic heterocycles. The number of carbonyl (C=O) groups excluding carboxylic acids is 1. The van der Waals surface area contributed by atoms with E-state index in [1.807, 2.05) is 72.1 Å². The molecule has 0 saturated carbocycles. The molecule has 0 radical (unpaired) electrons. The highest BCUT2D eigenvalue weighted by atomic mass is 32.1. The van der Waals surface area contributed by atoms with Crippen molar-refractivity contribution in [1.82, 2.24) is 10.5 Å². The van der Waals surface area contributed by atoms with Gasteiger partial charge in [-0.05, 0) is 34.7 Å². The fraction of sp³-hybridized carbons (Fsp3) is 0.0909. The van der Waals surface area contributed by atoms with Crippen molar-refractivity contribution in [3.63, 3.8) is 0 Å². The Hall–Kier alpha value is -3.38. The molecule has 0 saturated heterocycles. The summed E-state index contributed by atoms with van der Waals surface area (Å²) in [5.74, 6) is 1.05. The Morgan fingerprint density at radius 1 is 1.04 bits per heavy atom. The fourth-order valence-electron chi connectivity index (χ4n) is 2.92. The molecule has 0 aliphatic carbocycles. The molecular formula is C22H18N2O3S. The lowest BCUT2D eigenvalue weighted by Crippen LogP contribution is -2.29. The van der Waals surface area contributed by atoms with Crippen LogP contribution in [0.3, 0.4) is 0 Å². The molecule has 28 heavy (non-hydrogen) atoms. The van der Waals surface area contributed by atoms with E-state index in [9.17, 15) is 4.79 Å². The molecule has 0 bridgehead atoms. The lowest BCUT2D eigenvalue weighted by Gasteiger charge is -2.19. The van der Waals surface area contributed by atoms with Crippen LogP contribution in [0.1, 0.15) is 27.7 Å². The van der Waals surface area contributed by atoms with E-state index >= 15 is 0 Å². The number of methoxy groups -OCH3 is 1. The van der Waals surface area contributed by atoms with E-state index < -0.39 is 0 Å². The van der Waals surface area contributed by atoms with Crippen molar-refractivity contribution in [2.45, 2.75) is 6.04 Å². The Labute approximate surface area is 166 Å². The van der Waals surface area contributed by atoms with Crippen LogP contribution in [0.4, 0.5) is 0 Å². The van der Waals surface area contributed by atoms with E-state index in [0.29, 0.717) is 5.76 Å². The number of thiophene rings is 1. The molecule has 0 aliphatic rings. The standard InChI is InChI=1S/C22H18N2O3S/c1-26-17-11-9-16(10-12-17)21(15-6-3-2-4-7-15)23-22(25)18-14-19(27-24-18)20-8-5-13-28-20/h2-14,21H,1H3,(H,23,25). The summed E-state index contributed by atoms with van der Waals surface area (Å²) in [4.78, 5) is 13.8. The number of benzene rings is 2. The third-order valence-corrected chi connectivity index (χ3v) is 5.25. The smallest absolute Gasteiger partial charge is 0.274 e. The monoisotopic (exact) mass is 390 g/mol.